The lowest BCUT2D eigenvalue weighted by molar-refractivity contribution is 0.175. The molecule has 0 radical (unpaired) electrons. The summed E-state index contributed by atoms with van der Waals surface area (Å²) in [6, 6.07) is 10.5. The number of nitriles is 1. The van der Waals surface area contributed by atoms with Gasteiger partial charge in [-0.25, -0.2) is 0 Å². The molecule has 0 heterocycles. The Hall–Kier alpha value is -1.57. The predicted octanol–water partition coefficient (Wildman–Crippen LogP) is 2.62. The van der Waals surface area contributed by atoms with E-state index >= 15 is 0 Å². The van der Waals surface area contributed by atoms with E-state index in [0.29, 0.717) is 18.6 Å². The topological polar surface area (TPSA) is 65.3 Å². The molecule has 4 nitrogen and oxygen atoms in total. The minimum absolute atomic E-state index is 0.329. The van der Waals surface area contributed by atoms with Gasteiger partial charge in [-0.05, 0) is 56.2 Å². The lowest BCUT2D eigenvalue weighted by atomic mass is 9.86. The number of hydrogen-bond acceptors (Lipinski definition) is 4. The maximum Gasteiger partial charge on any atom is 0.181 e. The molecule has 2 N–H and O–H groups in total. The van der Waals surface area contributed by atoms with E-state index in [1.54, 1.807) is 6.92 Å². The van der Waals surface area contributed by atoms with Crippen molar-refractivity contribution in [1.29, 1.82) is 5.26 Å². The van der Waals surface area contributed by atoms with E-state index in [4.69, 9.17) is 15.1 Å². The third-order valence-corrected chi connectivity index (χ3v) is 4.12. The number of hydrogen-bond donors (Lipinski definition) is 2. The van der Waals surface area contributed by atoms with Gasteiger partial charge in [0, 0.05) is 19.2 Å². The van der Waals surface area contributed by atoms with Gasteiger partial charge in [-0.15, -0.1) is 0 Å². The van der Waals surface area contributed by atoms with Gasteiger partial charge < -0.3 is 15.2 Å². The monoisotopic (exact) mass is 288 g/mol. The van der Waals surface area contributed by atoms with E-state index in [9.17, 15) is 0 Å². The second-order valence-electron chi connectivity index (χ2n) is 5.81. The van der Waals surface area contributed by atoms with E-state index < -0.39 is 6.10 Å². The number of nitrogens with zero attached hydrogens (tertiary/aromatic N) is 1. The highest BCUT2D eigenvalue weighted by atomic mass is 16.5. The summed E-state index contributed by atoms with van der Waals surface area (Å²) in [5.41, 5.74) is 1.22. The fourth-order valence-corrected chi connectivity index (χ4v) is 2.73. The van der Waals surface area contributed by atoms with Crippen LogP contribution in [0.4, 0.5) is 0 Å². The van der Waals surface area contributed by atoms with E-state index in [1.807, 2.05) is 24.3 Å². The Kier molecular flexibility index (Phi) is 6.04. The molecule has 1 aliphatic rings. The zero-order valence-electron chi connectivity index (χ0n) is 12.6. The van der Waals surface area contributed by atoms with E-state index in [-0.39, 0.29) is 0 Å². The van der Waals surface area contributed by atoms with Crippen LogP contribution in [0.5, 0.6) is 5.75 Å². The van der Waals surface area contributed by atoms with Crippen molar-refractivity contribution in [1.82, 2.24) is 5.32 Å². The van der Waals surface area contributed by atoms with Crippen LogP contribution in [0.2, 0.25) is 0 Å². The van der Waals surface area contributed by atoms with Crippen LogP contribution in [0.25, 0.3) is 0 Å². The Morgan fingerprint density at radius 1 is 1.29 bits per heavy atom. The summed E-state index contributed by atoms with van der Waals surface area (Å²) in [5, 5.41) is 21.4. The molecule has 1 fully saturated rings. The van der Waals surface area contributed by atoms with Crippen molar-refractivity contribution in [2.45, 2.75) is 51.3 Å². The highest BCUT2D eigenvalue weighted by molar-refractivity contribution is 5.27. The molecule has 1 aromatic rings. The van der Waals surface area contributed by atoms with Crippen LogP contribution in [-0.4, -0.2) is 23.9 Å². The summed E-state index contributed by atoms with van der Waals surface area (Å²) < 4.78 is 5.43. The first kappa shape index (κ1) is 15.8. The van der Waals surface area contributed by atoms with Crippen molar-refractivity contribution in [2.75, 3.05) is 6.61 Å². The predicted molar refractivity (Wildman–Crippen MR) is 81.8 cm³/mol. The standard InChI is InChI=1S/C17H24N2O2/c1-13(10-18)21-17-8-4-14(5-9-17)11-19-16-6-2-15(12-20)3-7-16/h4-5,8-9,13,15-16,19-20H,2-3,6-7,11-12H2,1H3. The summed E-state index contributed by atoms with van der Waals surface area (Å²) in [7, 11) is 0. The average molecular weight is 288 g/mol. The molecule has 1 aliphatic carbocycles. The fraction of sp³-hybridized carbons (Fsp3) is 0.588. The quantitative estimate of drug-likeness (QED) is 0.844. The molecular formula is C17H24N2O2. The van der Waals surface area contributed by atoms with Crippen molar-refractivity contribution in [3.05, 3.63) is 29.8 Å². The van der Waals surface area contributed by atoms with Gasteiger partial charge in [0.1, 0.15) is 11.8 Å². The lowest BCUT2D eigenvalue weighted by Gasteiger charge is -2.28. The molecular weight excluding hydrogens is 264 g/mol. The van der Waals surface area contributed by atoms with Gasteiger partial charge >= 0.3 is 0 Å². The number of aliphatic hydroxyl groups is 1. The van der Waals surface area contributed by atoms with Gasteiger partial charge in [-0.1, -0.05) is 12.1 Å². The van der Waals surface area contributed by atoms with E-state index in [1.165, 1.54) is 5.56 Å². The summed E-state index contributed by atoms with van der Waals surface area (Å²) in [4.78, 5) is 0. The van der Waals surface area contributed by atoms with Gasteiger partial charge in [0.05, 0.1) is 0 Å². The van der Waals surface area contributed by atoms with Gasteiger partial charge in [0.25, 0.3) is 0 Å². The van der Waals surface area contributed by atoms with Crippen LogP contribution in [0.15, 0.2) is 24.3 Å². The molecule has 0 saturated heterocycles. The summed E-state index contributed by atoms with van der Waals surface area (Å²) in [6.07, 6.45) is 4.11. The van der Waals surface area contributed by atoms with Crippen LogP contribution >= 0.6 is 0 Å². The zero-order valence-corrected chi connectivity index (χ0v) is 12.6. The first-order valence-electron chi connectivity index (χ1n) is 7.70. The lowest BCUT2D eigenvalue weighted by Crippen LogP contribution is -2.33. The number of rotatable bonds is 6. The average Bonchev–Trinajstić information content (AvgIpc) is 2.54. The fourth-order valence-electron chi connectivity index (χ4n) is 2.73. The largest absolute Gasteiger partial charge is 0.476 e. The van der Waals surface area contributed by atoms with Crippen LogP contribution < -0.4 is 10.1 Å². The van der Waals surface area contributed by atoms with Gasteiger partial charge in [0.2, 0.25) is 0 Å². The number of ether oxygens (including phenoxy) is 1. The van der Waals surface area contributed by atoms with Crippen molar-refractivity contribution in [2.24, 2.45) is 5.92 Å². The number of nitrogens with one attached hydrogen (secondary N) is 1. The molecule has 114 valence electrons. The smallest absolute Gasteiger partial charge is 0.181 e. The Morgan fingerprint density at radius 2 is 1.95 bits per heavy atom. The summed E-state index contributed by atoms with van der Waals surface area (Å²) in [6.45, 7) is 2.91. The molecule has 0 aromatic heterocycles. The van der Waals surface area contributed by atoms with Crippen LogP contribution in [0, 0.1) is 17.2 Å². The SMILES string of the molecule is CC(C#N)Oc1ccc(CNC2CCC(CO)CC2)cc1. The third-order valence-electron chi connectivity index (χ3n) is 4.12. The van der Waals surface area contributed by atoms with Gasteiger partial charge in [-0.3, -0.25) is 0 Å². The molecule has 0 amide bonds. The van der Waals surface area contributed by atoms with Crippen molar-refractivity contribution < 1.29 is 9.84 Å². The molecule has 21 heavy (non-hydrogen) atoms. The normalized spacial score (nSPS) is 23.3. The third kappa shape index (κ3) is 5.04. The zero-order chi connectivity index (χ0) is 15.1. The molecule has 0 aliphatic heterocycles. The Morgan fingerprint density at radius 3 is 2.52 bits per heavy atom. The molecule has 1 atom stereocenters. The Balaban J connectivity index is 1.75. The second-order valence-corrected chi connectivity index (χ2v) is 5.81. The Labute approximate surface area is 126 Å². The molecule has 0 bridgehead atoms. The van der Waals surface area contributed by atoms with Gasteiger partial charge in [-0.2, -0.15) is 5.26 Å². The minimum Gasteiger partial charge on any atom is -0.476 e. The summed E-state index contributed by atoms with van der Waals surface area (Å²) >= 11 is 0. The minimum atomic E-state index is -0.421. The van der Waals surface area contributed by atoms with Crippen molar-refractivity contribution >= 4 is 0 Å². The van der Waals surface area contributed by atoms with E-state index in [2.05, 4.69) is 11.4 Å². The van der Waals surface area contributed by atoms with E-state index in [0.717, 1.165) is 38.0 Å². The molecule has 1 aromatic carbocycles. The highest BCUT2D eigenvalue weighted by Crippen LogP contribution is 2.24. The van der Waals surface area contributed by atoms with Crippen molar-refractivity contribution in [3.63, 3.8) is 0 Å². The van der Waals surface area contributed by atoms with Crippen molar-refractivity contribution in [3.8, 4) is 11.8 Å². The highest BCUT2D eigenvalue weighted by Gasteiger charge is 2.19. The summed E-state index contributed by atoms with van der Waals surface area (Å²) in [5.74, 6) is 1.23. The second kappa shape index (κ2) is 8.02. The first-order chi connectivity index (χ1) is 10.2. The molecule has 1 unspecified atom stereocenters. The number of benzene rings is 1. The molecule has 0 spiro atoms. The van der Waals surface area contributed by atoms with Crippen LogP contribution in [0.1, 0.15) is 38.2 Å². The van der Waals surface area contributed by atoms with Crippen LogP contribution in [0.3, 0.4) is 0 Å². The first-order valence-corrected chi connectivity index (χ1v) is 7.70. The maximum atomic E-state index is 9.14. The Bertz CT molecular complexity index is 459. The van der Waals surface area contributed by atoms with Crippen LogP contribution in [-0.2, 0) is 6.54 Å². The maximum absolute atomic E-state index is 9.14. The number of aliphatic hydroxyl groups excluding tert-OH is 1. The van der Waals surface area contributed by atoms with Gasteiger partial charge in [0.15, 0.2) is 6.10 Å². The molecule has 4 heteroatoms. The molecule has 1 saturated carbocycles. The molecule has 2 rings (SSSR count).